The van der Waals surface area contributed by atoms with E-state index >= 15 is 0 Å². The van der Waals surface area contributed by atoms with Gasteiger partial charge in [0.25, 0.3) is 0 Å². The number of aliphatic hydroxyl groups is 1. The summed E-state index contributed by atoms with van der Waals surface area (Å²) in [5.74, 6) is 1.50. The van der Waals surface area contributed by atoms with Crippen LogP contribution in [0.25, 0.3) is 5.69 Å². The Balaban J connectivity index is 1.73. The van der Waals surface area contributed by atoms with Crippen molar-refractivity contribution in [3.05, 3.63) is 84.3 Å². The number of aliphatic hydroxyl groups excluding tert-OH is 1. The zero-order valence-electron chi connectivity index (χ0n) is 20.7. The van der Waals surface area contributed by atoms with Gasteiger partial charge in [0.2, 0.25) is 5.88 Å². The fourth-order valence-electron chi connectivity index (χ4n) is 4.35. The molecule has 4 rings (SSSR count). The lowest BCUT2D eigenvalue weighted by molar-refractivity contribution is 0.0990. The molecule has 3 aromatic rings. The Morgan fingerprint density at radius 2 is 1.97 bits per heavy atom. The van der Waals surface area contributed by atoms with Gasteiger partial charge in [0, 0.05) is 25.7 Å². The average molecular weight is 478 g/mol. The number of halogens is 1. The first-order valence-corrected chi connectivity index (χ1v) is 12.6. The van der Waals surface area contributed by atoms with Gasteiger partial charge in [-0.3, -0.25) is 4.90 Å². The van der Waals surface area contributed by atoms with Crippen molar-refractivity contribution in [2.75, 3.05) is 13.1 Å². The molecule has 0 amide bonds. The van der Waals surface area contributed by atoms with Gasteiger partial charge in [0.15, 0.2) is 0 Å². The van der Waals surface area contributed by atoms with Crippen molar-refractivity contribution < 1.29 is 14.2 Å². The third kappa shape index (κ3) is 6.80. The summed E-state index contributed by atoms with van der Waals surface area (Å²) in [6.45, 7) is 10.1. The number of benzene rings is 2. The van der Waals surface area contributed by atoms with Gasteiger partial charge in [-0.15, -0.1) is 6.58 Å². The molecule has 0 radical (unpaired) electrons. The molecule has 1 saturated carbocycles. The number of hydrogen-bond acceptors (Lipinski definition) is 4. The van der Waals surface area contributed by atoms with Crippen molar-refractivity contribution in [3.8, 4) is 17.3 Å². The number of nitrogens with zero attached hydrogens (tertiary/aromatic N) is 3. The Bertz CT molecular complexity index is 1110. The third-order valence-corrected chi connectivity index (χ3v) is 6.29. The molecule has 1 aliphatic carbocycles. The van der Waals surface area contributed by atoms with Gasteiger partial charge in [-0.05, 0) is 61.8 Å². The van der Waals surface area contributed by atoms with Gasteiger partial charge >= 0.3 is 0 Å². The molecule has 0 unspecified atom stereocenters. The molecule has 35 heavy (non-hydrogen) atoms. The normalized spacial score (nSPS) is 14.5. The highest BCUT2D eigenvalue weighted by Crippen LogP contribution is 2.36. The number of para-hydroxylation sites is 1. The zero-order chi connectivity index (χ0) is 24.8. The molecule has 0 bridgehead atoms. The van der Waals surface area contributed by atoms with E-state index in [0.29, 0.717) is 37.1 Å². The van der Waals surface area contributed by atoms with E-state index in [1.54, 1.807) is 12.1 Å². The SMILES string of the molecule is C=CCC[C@H](O)CN(Cc1c(C(C)C)nn(-c2ccccc2)c1Oc1cccc(F)c1)CC1CC1. The van der Waals surface area contributed by atoms with Gasteiger partial charge in [-0.25, -0.2) is 9.07 Å². The molecular weight excluding hydrogens is 441 g/mol. The van der Waals surface area contributed by atoms with Crippen molar-refractivity contribution in [2.45, 2.75) is 58.1 Å². The van der Waals surface area contributed by atoms with Crippen molar-refractivity contribution in [1.29, 1.82) is 0 Å². The Kier molecular flexibility index (Phi) is 8.37. The van der Waals surface area contributed by atoms with Crippen molar-refractivity contribution in [1.82, 2.24) is 14.7 Å². The molecule has 1 aromatic heterocycles. The van der Waals surface area contributed by atoms with E-state index in [-0.39, 0.29) is 11.7 Å². The maximum atomic E-state index is 14.0. The van der Waals surface area contributed by atoms with Crippen LogP contribution in [-0.4, -0.2) is 39.0 Å². The highest BCUT2D eigenvalue weighted by Gasteiger charge is 2.29. The predicted molar refractivity (Wildman–Crippen MR) is 138 cm³/mol. The topological polar surface area (TPSA) is 50.5 Å². The highest BCUT2D eigenvalue weighted by molar-refractivity contribution is 5.44. The van der Waals surface area contributed by atoms with Crippen LogP contribution in [-0.2, 0) is 6.54 Å². The average Bonchev–Trinajstić information content (AvgIpc) is 3.59. The van der Waals surface area contributed by atoms with Crippen molar-refractivity contribution in [3.63, 3.8) is 0 Å². The molecule has 0 aliphatic heterocycles. The van der Waals surface area contributed by atoms with Crippen molar-refractivity contribution >= 4 is 0 Å². The summed E-state index contributed by atoms with van der Waals surface area (Å²) in [5.41, 5.74) is 2.80. The molecular formula is C29H36FN3O2. The molecule has 0 saturated heterocycles. The maximum Gasteiger partial charge on any atom is 0.227 e. The van der Waals surface area contributed by atoms with E-state index in [4.69, 9.17) is 9.84 Å². The molecule has 1 fully saturated rings. The molecule has 0 spiro atoms. The third-order valence-electron chi connectivity index (χ3n) is 6.29. The van der Waals surface area contributed by atoms with E-state index in [9.17, 15) is 9.50 Å². The summed E-state index contributed by atoms with van der Waals surface area (Å²) in [5, 5.41) is 15.6. The van der Waals surface area contributed by atoms with E-state index in [1.807, 2.05) is 41.1 Å². The lowest BCUT2D eigenvalue weighted by Crippen LogP contribution is -2.34. The number of hydrogen-bond donors (Lipinski definition) is 1. The number of ether oxygens (including phenoxy) is 1. The van der Waals surface area contributed by atoms with Crippen LogP contribution in [0.5, 0.6) is 11.6 Å². The lowest BCUT2D eigenvalue weighted by atomic mass is 10.0. The summed E-state index contributed by atoms with van der Waals surface area (Å²) >= 11 is 0. The fraction of sp³-hybridized carbons (Fsp3) is 0.414. The molecule has 186 valence electrons. The van der Waals surface area contributed by atoms with Gasteiger partial charge in [-0.2, -0.15) is 5.10 Å². The Labute approximate surface area is 207 Å². The van der Waals surface area contributed by atoms with Crippen LogP contribution in [0.2, 0.25) is 0 Å². The standard InChI is InChI=1S/C29H36FN3O2/c1-4-5-13-25(34)19-32(18-22-15-16-22)20-27-28(21(2)3)31-33(24-11-7-6-8-12-24)29(27)35-26-14-9-10-23(30)17-26/h4,6-12,14,17,21-22,25,34H,1,5,13,15-16,18-20H2,2-3H3/t25-/m0/s1. The first kappa shape index (κ1) is 25.1. The molecule has 5 nitrogen and oxygen atoms in total. The monoisotopic (exact) mass is 477 g/mol. The Hall–Kier alpha value is -2.96. The minimum Gasteiger partial charge on any atom is -0.438 e. The molecule has 2 aromatic carbocycles. The lowest BCUT2D eigenvalue weighted by Gasteiger charge is -2.26. The zero-order valence-corrected chi connectivity index (χ0v) is 20.7. The van der Waals surface area contributed by atoms with Crippen LogP contribution in [0, 0.1) is 11.7 Å². The second-order valence-electron chi connectivity index (χ2n) is 9.79. The molecule has 6 heteroatoms. The molecule has 1 aliphatic rings. The largest absolute Gasteiger partial charge is 0.438 e. The molecule has 1 atom stereocenters. The molecule has 1 heterocycles. The summed E-state index contributed by atoms with van der Waals surface area (Å²) in [6, 6.07) is 16.1. The van der Waals surface area contributed by atoms with E-state index in [0.717, 1.165) is 29.9 Å². The van der Waals surface area contributed by atoms with Crippen molar-refractivity contribution in [2.24, 2.45) is 5.92 Å². The van der Waals surface area contributed by atoms with E-state index in [2.05, 4.69) is 25.3 Å². The van der Waals surface area contributed by atoms with Crippen LogP contribution >= 0.6 is 0 Å². The highest BCUT2D eigenvalue weighted by atomic mass is 19.1. The van der Waals surface area contributed by atoms with Gasteiger partial charge in [0.05, 0.1) is 23.0 Å². The van der Waals surface area contributed by atoms with Gasteiger partial charge < -0.3 is 9.84 Å². The van der Waals surface area contributed by atoms with Crippen LogP contribution in [0.3, 0.4) is 0 Å². The minimum absolute atomic E-state index is 0.165. The second kappa shape index (κ2) is 11.6. The van der Waals surface area contributed by atoms with Crippen LogP contribution in [0.15, 0.2) is 67.3 Å². The smallest absolute Gasteiger partial charge is 0.227 e. The summed E-state index contributed by atoms with van der Waals surface area (Å²) < 4.78 is 22.2. The minimum atomic E-state index is -0.425. The van der Waals surface area contributed by atoms with E-state index in [1.165, 1.54) is 25.0 Å². The predicted octanol–water partition coefficient (Wildman–Crippen LogP) is 6.47. The molecule has 1 N–H and O–H groups in total. The number of rotatable bonds is 13. The van der Waals surface area contributed by atoms with E-state index < -0.39 is 6.10 Å². The summed E-state index contributed by atoms with van der Waals surface area (Å²) in [7, 11) is 0. The van der Waals surface area contributed by atoms with Gasteiger partial charge in [-0.1, -0.05) is 44.2 Å². The second-order valence-corrected chi connectivity index (χ2v) is 9.79. The Morgan fingerprint density at radius 1 is 1.20 bits per heavy atom. The van der Waals surface area contributed by atoms with Crippen LogP contribution < -0.4 is 4.74 Å². The van der Waals surface area contributed by atoms with Gasteiger partial charge in [0.1, 0.15) is 11.6 Å². The first-order chi connectivity index (χ1) is 16.9. The summed E-state index contributed by atoms with van der Waals surface area (Å²) in [6.07, 6.45) is 5.36. The first-order valence-electron chi connectivity index (χ1n) is 12.6. The number of aromatic nitrogens is 2. The van der Waals surface area contributed by atoms with Crippen LogP contribution in [0.1, 0.15) is 56.7 Å². The van der Waals surface area contributed by atoms with Crippen LogP contribution in [0.4, 0.5) is 4.39 Å². The number of allylic oxidation sites excluding steroid dienone is 1. The Morgan fingerprint density at radius 3 is 2.63 bits per heavy atom. The quantitative estimate of drug-likeness (QED) is 0.287. The fourth-order valence-corrected chi connectivity index (χ4v) is 4.35. The maximum absolute atomic E-state index is 14.0. The summed E-state index contributed by atoms with van der Waals surface area (Å²) in [4.78, 5) is 2.32.